The molecule has 0 bridgehead atoms. The van der Waals surface area contributed by atoms with Crippen molar-refractivity contribution in [3.05, 3.63) is 29.8 Å². The molecule has 1 aliphatic carbocycles. The van der Waals surface area contributed by atoms with Gasteiger partial charge in [-0.05, 0) is 44.2 Å². The van der Waals surface area contributed by atoms with Crippen LogP contribution in [0.1, 0.15) is 51.1 Å². The Morgan fingerprint density at radius 2 is 2.11 bits per heavy atom. The molecule has 1 fully saturated rings. The van der Waals surface area contributed by atoms with Crippen molar-refractivity contribution in [2.45, 2.75) is 45.6 Å². The first-order chi connectivity index (χ1) is 9.20. The van der Waals surface area contributed by atoms with Gasteiger partial charge in [-0.15, -0.1) is 0 Å². The van der Waals surface area contributed by atoms with Crippen LogP contribution in [0.15, 0.2) is 24.3 Å². The summed E-state index contributed by atoms with van der Waals surface area (Å²) in [7, 11) is 1.74. The van der Waals surface area contributed by atoms with Gasteiger partial charge in [0.25, 0.3) is 0 Å². The molecule has 19 heavy (non-hydrogen) atoms. The summed E-state index contributed by atoms with van der Waals surface area (Å²) >= 11 is 0. The Kier molecular flexibility index (Phi) is 5.26. The van der Waals surface area contributed by atoms with Crippen LogP contribution in [0.25, 0.3) is 0 Å². The van der Waals surface area contributed by atoms with Gasteiger partial charge in [0.05, 0.1) is 7.11 Å². The number of rotatable bonds is 5. The highest BCUT2D eigenvalue weighted by Gasteiger charge is 2.19. The molecule has 3 atom stereocenters. The maximum Gasteiger partial charge on any atom is 0.123 e. The average molecular weight is 261 g/mol. The van der Waals surface area contributed by atoms with Crippen LogP contribution < -0.4 is 10.1 Å². The summed E-state index contributed by atoms with van der Waals surface area (Å²) in [6, 6.07) is 8.65. The van der Waals surface area contributed by atoms with E-state index >= 15 is 0 Å². The van der Waals surface area contributed by atoms with Crippen molar-refractivity contribution in [1.82, 2.24) is 5.32 Å². The second-order valence-corrected chi connectivity index (χ2v) is 6.01. The fraction of sp³-hybridized carbons (Fsp3) is 0.647. The van der Waals surface area contributed by atoms with Gasteiger partial charge in [0, 0.05) is 11.6 Å². The Morgan fingerprint density at radius 1 is 1.32 bits per heavy atom. The summed E-state index contributed by atoms with van der Waals surface area (Å²) in [6.07, 6.45) is 5.58. The minimum atomic E-state index is 0.355. The van der Waals surface area contributed by atoms with Gasteiger partial charge in [0.15, 0.2) is 0 Å². The fourth-order valence-corrected chi connectivity index (χ4v) is 3.22. The topological polar surface area (TPSA) is 21.3 Å². The van der Waals surface area contributed by atoms with Gasteiger partial charge in [0.1, 0.15) is 5.75 Å². The molecule has 1 N–H and O–H groups in total. The second-order valence-electron chi connectivity index (χ2n) is 6.01. The Labute approximate surface area is 117 Å². The highest BCUT2D eigenvalue weighted by molar-refractivity contribution is 5.35. The molecule has 1 aromatic rings. The molecule has 106 valence electrons. The number of hydrogen-bond donors (Lipinski definition) is 1. The standard InChI is InChI=1S/C17H27NO/c1-13-7-6-8-15(11-13)12-18-14(2)16-9-4-5-10-17(16)19-3/h4-5,9-10,13-15,18H,6-8,11-12H2,1-3H3. The van der Waals surface area contributed by atoms with Crippen LogP contribution >= 0.6 is 0 Å². The quantitative estimate of drug-likeness (QED) is 0.859. The molecule has 0 radical (unpaired) electrons. The predicted octanol–water partition coefficient (Wildman–Crippen LogP) is 4.17. The van der Waals surface area contributed by atoms with Crippen LogP contribution in [-0.2, 0) is 0 Å². The lowest BCUT2D eigenvalue weighted by atomic mass is 9.82. The van der Waals surface area contributed by atoms with Crippen LogP contribution in [0.4, 0.5) is 0 Å². The van der Waals surface area contributed by atoms with Crippen molar-refractivity contribution >= 4 is 0 Å². The third-order valence-corrected chi connectivity index (χ3v) is 4.36. The molecule has 2 rings (SSSR count). The zero-order chi connectivity index (χ0) is 13.7. The molecule has 2 nitrogen and oxygen atoms in total. The smallest absolute Gasteiger partial charge is 0.123 e. The third-order valence-electron chi connectivity index (χ3n) is 4.36. The van der Waals surface area contributed by atoms with Crippen LogP contribution in [0.2, 0.25) is 0 Å². The molecule has 0 saturated heterocycles. The molecule has 1 aromatic carbocycles. The van der Waals surface area contributed by atoms with E-state index in [2.05, 4.69) is 31.3 Å². The van der Waals surface area contributed by atoms with Crippen LogP contribution in [0.3, 0.4) is 0 Å². The van der Waals surface area contributed by atoms with Crippen molar-refractivity contribution < 1.29 is 4.74 Å². The number of para-hydroxylation sites is 1. The minimum absolute atomic E-state index is 0.355. The van der Waals surface area contributed by atoms with Gasteiger partial charge in [-0.25, -0.2) is 0 Å². The van der Waals surface area contributed by atoms with E-state index in [0.29, 0.717) is 6.04 Å². The second kappa shape index (κ2) is 6.95. The number of ether oxygens (including phenoxy) is 1. The van der Waals surface area contributed by atoms with Crippen LogP contribution in [0.5, 0.6) is 5.75 Å². The first-order valence-electron chi connectivity index (χ1n) is 7.57. The van der Waals surface area contributed by atoms with Gasteiger partial charge in [-0.2, -0.15) is 0 Å². The molecule has 3 unspecified atom stereocenters. The maximum absolute atomic E-state index is 5.44. The molecule has 0 heterocycles. The lowest BCUT2D eigenvalue weighted by Gasteiger charge is -2.28. The van der Waals surface area contributed by atoms with Gasteiger partial charge < -0.3 is 10.1 Å². The lowest BCUT2D eigenvalue weighted by molar-refractivity contribution is 0.268. The maximum atomic E-state index is 5.44. The molecular formula is C17H27NO. The summed E-state index contributed by atoms with van der Waals surface area (Å²) in [4.78, 5) is 0. The number of methoxy groups -OCH3 is 1. The van der Waals surface area contributed by atoms with Crippen molar-refractivity contribution in [2.24, 2.45) is 11.8 Å². The van der Waals surface area contributed by atoms with E-state index in [1.54, 1.807) is 7.11 Å². The SMILES string of the molecule is COc1ccccc1C(C)NCC1CCCC(C)C1. The molecule has 0 spiro atoms. The largest absolute Gasteiger partial charge is 0.496 e. The van der Waals surface area contributed by atoms with Crippen molar-refractivity contribution in [2.75, 3.05) is 13.7 Å². The summed E-state index contributed by atoms with van der Waals surface area (Å²) in [5, 5.41) is 3.68. The Morgan fingerprint density at radius 3 is 2.84 bits per heavy atom. The van der Waals surface area contributed by atoms with E-state index in [9.17, 15) is 0 Å². The lowest BCUT2D eigenvalue weighted by Crippen LogP contribution is -2.28. The molecule has 2 heteroatoms. The van der Waals surface area contributed by atoms with Crippen molar-refractivity contribution in [3.8, 4) is 5.75 Å². The summed E-state index contributed by atoms with van der Waals surface area (Å²) in [5.74, 6) is 2.74. The first kappa shape index (κ1) is 14.4. The van der Waals surface area contributed by atoms with E-state index < -0.39 is 0 Å². The summed E-state index contributed by atoms with van der Waals surface area (Å²) in [6.45, 7) is 5.74. The number of hydrogen-bond acceptors (Lipinski definition) is 2. The van der Waals surface area contributed by atoms with Crippen LogP contribution in [-0.4, -0.2) is 13.7 Å². The number of benzene rings is 1. The summed E-state index contributed by atoms with van der Waals surface area (Å²) in [5.41, 5.74) is 1.26. The van der Waals surface area contributed by atoms with Gasteiger partial charge in [-0.1, -0.05) is 38.0 Å². The minimum Gasteiger partial charge on any atom is -0.496 e. The Balaban J connectivity index is 1.88. The molecule has 0 aromatic heterocycles. The van der Waals surface area contributed by atoms with Crippen molar-refractivity contribution in [1.29, 1.82) is 0 Å². The molecule has 1 aliphatic rings. The van der Waals surface area contributed by atoms with Gasteiger partial charge in [-0.3, -0.25) is 0 Å². The zero-order valence-electron chi connectivity index (χ0n) is 12.5. The molecule has 0 aliphatic heterocycles. The molecule has 0 amide bonds. The first-order valence-corrected chi connectivity index (χ1v) is 7.57. The Bertz CT molecular complexity index is 391. The van der Waals surface area contributed by atoms with E-state index in [-0.39, 0.29) is 0 Å². The third kappa shape index (κ3) is 3.97. The van der Waals surface area contributed by atoms with E-state index in [4.69, 9.17) is 4.74 Å². The van der Waals surface area contributed by atoms with E-state index in [1.165, 1.54) is 31.2 Å². The van der Waals surface area contributed by atoms with Crippen LogP contribution in [0, 0.1) is 11.8 Å². The van der Waals surface area contributed by atoms with Crippen molar-refractivity contribution in [3.63, 3.8) is 0 Å². The number of nitrogens with one attached hydrogen (secondary N) is 1. The highest BCUT2D eigenvalue weighted by Crippen LogP contribution is 2.29. The predicted molar refractivity (Wildman–Crippen MR) is 80.5 cm³/mol. The molecular weight excluding hydrogens is 234 g/mol. The van der Waals surface area contributed by atoms with Gasteiger partial charge in [0.2, 0.25) is 0 Å². The average Bonchev–Trinajstić information content (AvgIpc) is 2.45. The fourth-order valence-electron chi connectivity index (χ4n) is 3.22. The zero-order valence-corrected chi connectivity index (χ0v) is 12.5. The summed E-state index contributed by atoms with van der Waals surface area (Å²) < 4.78 is 5.44. The monoisotopic (exact) mass is 261 g/mol. The van der Waals surface area contributed by atoms with Gasteiger partial charge >= 0.3 is 0 Å². The normalized spacial score (nSPS) is 25.0. The molecule has 1 saturated carbocycles. The van der Waals surface area contributed by atoms with E-state index in [0.717, 1.165) is 24.1 Å². The Hall–Kier alpha value is -1.02. The van der Waals surface area contributed by atoms with E-state index in [1.807, 2.05) is 12.1 Å². The highest BCUT2D eigenvalue weighted by atomic mass is 16.5.